The van der Waals surface area contributed by atoms with Crippen LogP contribution in [0.5, 0.6) is 0 Å². The zero-order chi connectivity index (χ0) is 14.5. The van der Waals surface area contributed by atoms with E-state index in [1.807, 2.05) is 0 Å². The molecule has 2 N–H and O–H groups in total. The van der Waals surface area contributed by atoms with Crippen molar-refractivity contribution in [2.75, 3.05) is 6.54 Å². The number of carboxylic acid groups (broad SMARTS) is 1. The third-order valence-corrected chi connectivity index (χ3v) is 4.66. The van der Waals surface area contributed by atoms with Gasteiger partial charge in [0.1, 0.15) is 0 Å². The highest BCUT2D eigenvalue weighted by molar-refractivity contribution is 9.10. The molecule has 5 nitrogen and oxygen atoms in total. The van der Waals surface area contributed by atoms with Crippen molar-refractivity contribution in [3.05, 3.63) is 28.7 Å². The lowest BCUT2D eigenvalue weighted by Gasteiger charge is -2.08. The molecule has 0 aromatic heterocycles. The quantitative estimate of drug-likeness (QED) is 0.739. The van der Waals surface area contributed by atoms with Crippen molar-refractivity contribution >= 4 is 31.9 Å². The van der Waals surface area contributed by atoms with Gasteiger partial charge < -0.3 is 5.11 Å². The van der Waals surface area contributed by atoms with Crippen molar-refractivity contribution in [3.63, 3.8) is 0 Å². The summed E-state index contributed by atoms with van der Waals surface area (Å²) < 4.78 is 27.0. The van der Waals surface area contributed by atoms with Gasteiger partial charge in [0.05, 0.1) is 10.8 Å². The number of nitrogens with one attached hydrogen (secondary N) is 1. The van der Waals surface area contributed by atoms with E-state index in [4.69, 9.17) is 5.11 Å². The number of rotatable bonds is 7. The lowest BCUT2D eigenvalue weighted by molar-refractivity contribution is -0.141. The van der Waals surface area contributed by atoms with Crippen molar-refractivity contribution in [1.82, 2.24) is 4.72 Å². The second-order valence-corrected chi connectivity index (χ2v) is 6.92. The summed E-state index contributed by atoms with van der Waals surface area (Å²) in [5.41, 5.74) is 0. The summed E-state index contributed by atoms with van der Waals surface area (Å²) in [4.78, 5) is 10.8. The molecule has 106 valence electrons. The van der Waals surface area contributed by atoms with Crippen LogP contribution in [-0.2, 0) is 14.8 Å². The average Bonchev–Trinajstić information content (AvgIpc) is 2.34. The Morgan fingerprint density at radius 3 is 2.47 bits per heavy atom. The largest absolute Gasteiger partial charge is 0.481 e. The summed E-state index contributed by atoms with van der Waals surface area (Å²) >= 11 is 3.23. The first-order chi connectivity index (χ1) is 8.83. The van der Waals surface area contributed by atoms with E-state index in [1.54, 1.807) is 19.1 Å². The number of carbonyl (C=O) groups is 1. The second kappa shape index (κ2) is 7.02. The first-order valence-corrected chi connectivity index (χ1v) is 8.08. The first kappa shape index (κ1) is 16.1. The van der Waals surface area contributed by atoms with E-state index in [0.717, 1.165) is 4.47 Å². The standard InChI is InChI=1S/C12H16BrNO4S/c1-9(12(15)16)3-2-8-14-19(17,18)11-6-4-10(13)5-7-11/h4-7,9,14H,2-3,8H2,1H3,(H,15,16). The van der Waals surface area contributed by atoms with Crippen molar-refractivity contribution < 1.29 is 18.3 Å². The van der Waals surface area contributed by atoms with E-state index in [1.165, 1.54) is 12.1 Å². The molecule has 1 aromatic carbocycles. The molecule has 1 atom stereocenters. The first-order valence-electron chi connectivity index (χ1n) is 5.81. The minimum atomic E-state index is -3.51. The van der Waals surface area contributed by atoms with Crippen LogP contribution in [0.15, 0.2) is 33.6 Å². The van der Waals surface area contributed by atoms with Crippen LogP contribution in [0.2, 0.25) is 0 Å². The monoisotopic (exact) mass is 349 g/mol. The zero-order valence-electron chi connectivity index (χ0n) is 10.5. The molecule has 1 rings (SSSR count). The van der Waals surface area contributed by atoms with Gasteiger partial charge in [-0.05, 0) is 37.1 Å². The molecule has 0 fully saturated rings. The Bertz CT molecular complexity index is 527. The van der Waals surface area contributed by atoms with Crippen molar-refractivity contribution in [1.29, 1.82) is 0 Å². The molecule has 19 heavy (non-hydrogen) atoms. The number of sulfonamides is 1. The smallest absolute Gasteiger partial charge is 0.306 e. The summed E-state index contributed by atoms with van der Waals surface area (Å²) in [6.07, 6.45) is 0.932. The maximum absolute atomic E-state index is 11.9. The Morgan fingerprint density at radius 1 is 1.37 bits per heavy atom. The molecule has 0 aliphatic heterocycles. The van der Waals surface area contributed by atoms with E-state index in [0.29, 0.717) is 12.8 Å². The molecule has 1 aromatic rings. The highest BCUT2D eigenvalue weighted by Crippen LogP contribution is 2.14. The van der Waals surface area contributed by atoms with Gasteiger partial charge in [-0.2, -0.15) is 0 Å². The van der Waals surface area contributed by atoms with Gasteiger partial charge in [0.25, 0.3) is 0 Å². The molecule has 0 saturated heterocycles. The maximum Gasteiger partial charge on any atom is 0.306 e. The van der Waals surface area contributed by atoms with Crippen LogP contribution >= 0.6 is 15.9 Å². The van der Waals surface area contributed by atoms with Gasteiger partial charge in [-0.25, -0.2) is 13.1 Å². The number of hydrogen-bond donors (Lipinski definition) is 2. The number of aliphatic carboxylic acids is 1. The van der Waals surface area contributed by atoms with Gasteiger partial charge in [0.15, 0.2) is 0 Å². The summed E-state index contributed by atoms with van der Waals surface area (Å²) in [5, 5.41) is 8.70. The van der Waals surface area contributed by atoms with Crippen LogP contribution in [0, 0.1) is 5.92 Å². The second-order valence-electron chi connectivity index (χ2n) is 4.23. The lowest BCUT2D eigenvalue weighted by Crippen LogP contribution is -2.25. The van der Waals surface area contributed by atoms with E-state index in [-0.39, 0.29) is 11.4 Å². The number of carboxylic acids is 1. The van der Waals surface area contributed by atoms with Gasteiger partial charge in [0, 0.05) is 11.0 Å². The SMILES string of the molecule is CC(CCCNS(=O)(=O)c1ccc(Br)cc1)C(=O)O. The molecule has 0 spiro atoms. The predicted octanol–water partition coefficient (Wildman–Crippen LogP) is 2.23. The molecule has 0 aliphatic rings. The summed E-state index contributed by atoms with van der Waals surface area (Å²) in [6.45, 7) is 1.83. The van der Waals surface area contributed by atoms with E-state index in [9.17, 15) is 13.2 Å². The molecule has 1 unspecified atom stereocenters. The highest BCUT2D eigenvalue weighted by atomic mass is 79.9. The van der Waals surface area contributed by atoms with Crippen LogP contribution in [0.3, 0.4) is 0 Å². The summed E-state index contributed by atoms with van der Waals surface area (Å²) in [5.74, 6) is -1.33. The Labute approximate surface area is 121 Å². The molecule has 0 bridgehead atoms. The van der Waals surface area contributed by atoms with Crippen LogP contribution in [0.4, 0.5) is 0 Å². The molecular weight excluding hydrogens is 334 g/mol. The van der Waals surface area contributed by atoms with Crippen LogP contribution in [-0.4, -0.2) is 26.0 Å². The Morgan fingerprint density at radius 2 is 1.95 bits per heavy atom. The van der Waals surface area contributed by atoms with Gasteiger partial charge >= 0.3 is 5.97 Å². The minimum Gasteiger partial charge on any atom is -0.481 e. The average molecular weight is 350 g/mol. The van der Waals surface area contributed by atoms with Crippen LogP contribution in [0.1, 0.15) is 19.8 Å². The third kappa shape index (κ3) is 5.30. The summed E-state index contributed by atoms with van der Waals surface area (Å²) in [7, 11) is -3.51. The van der Waals surface area contributed by atoms with E-state index in [2.05, 4.69) is 20.7 Å². The third-order valence-electron chi connectivity index (χ3n) is 2.65. The van der Waals surface area contributed by atoms with E-state index >= 15 is 0 Å². The Balaban J connectivity index is 2.48. The molecule has 7 heteroatoms. The van der Waals surface area contributed by atoms with E-state index < -0.39 is 21.9 Å². The van der Waals surface area contributed by atoms with Crippen LogP contribution < -0.4 is 4.72 Å². The number of benzene rings is 1. The normalized spacial score (nSPS) is 13.2. The fourth-order valence-electron chi connectivity index (χ4n) is 1.44. The molecule has 0 amide bonds. The van der Waals surface area contributed by atoms with Crippen LogP contribution in [0.25, 0.3) is 0 Å². The highest BCUT2D eigenvalue weighted by Gasteiger charge is 2.14. The number of hydrogen-bond acceptors (Lipinski definition) is 3. The van der Waals surface area contributed by atoms with Crippen molar-refractivity contribution in [2.24, 2.45) is 5.92 Å². The fourth-order valence-corrected chi connectivity index (χ4v) is 2.77. The van der Waals surface area contributed by atoms with Gasteiger partial charge in [-0.15, -0.1) is 0 Å². The topological polar surface area (TPSA) is 83.5 Å². The van der Waals surface area contributed by atoms with Gasteiger partial charge in [-0.3, -0.25) is 4.79 Å². The maximum atomic E-state index is 11.9. The molecule has 0 aliphatic carbocycles. The zero-order valence-corrected chi connectivity index (χ0v) is 12.9. The molecule has 0 heterocycles. The molecule has 0 radical (unpaired) electrons. The fraction of sp³-hybridized carbons (Fsp3) is 0.417. The Kier molecular flexibility index (Phi) is 5.96. The predicted molar refractivity (Wildman–Crippen MR) is 75.4 cm³/mol. The van der Waals surface area contributed by atoms with Gasteiger partial charge in [0.2, 0.25) is 10.0 Å². The minimum absolute atomic E-state index is 0.196. The van der Waals surface area contributed by atoms with Crippen molar-refractivity contribution in [3.8, 4) is 0 Å². The Hall–Kier alpha value is -0.920. The summed E-state index contributed by atoms with van der Waals surface area (Å²) in [6, 6.07) is 6.32. The number of halogens is 1. The lowest BCUT2D eigenvalue weighted by atomic mass is 10.1. The molecular formula is C12H16BrNO4S. The van der Waals surface area contributed by atoms with Gasteiger partial charge in [-0.1, -0.05) is 22.9 Å². The molecule has 0 saturated carbocycles. The van der Waals surface area contributed by atoms with Crippen molar-refractivity contribution in [2.45, 2.75) is 24.7 Å².